The minimum atomic E-state index is -4.75. The molecule has 0 bridgehead atoms. The predicted octanol–water partition coefficient (Wildman–Crippen LogP) is 4.18. The molecule has 2 heterocycles. The molecule has 0 radical (unpaired) electrons. The summed E-state index contributed by atoms with van der Waals surface area (Å²) in [5.41, 5.74) is -2.62. The zero-order valence-corrected chi connectivity index (χ0v) is 22.5. The molecule has 1 saturated heterocycles. The van der Waals surface area contributed by atoms with Crippen LogP contribution in [-0.2, 0) is 17.5 Å². The van der Waals surface area contributed by atoms with Gasteiger partial charge in [-0.25, -0.2) is 14.4 Å². The lowest BCUT2D eigenvalue weighted by molar-refractivity contribution is -0.137. The van der Waals surface area contributed by atoms with Crippen LogP contribution in [-0.4, -0.2) is 57.2 Å². The molecule has 0 spiro atoms. The third-order valence-corrected chi connectivity index (χ3v) is 7.74. The van der Waals surface area contributed by atoms with Gasteiger partial charge < -0.3 is 9.64 Å². The molecule has 2 fully saturated rings. The van der Waals surface area contributed by atoms with Crippen LogP contribution in [0.1, 0.15) is 47.7 Å². The first-order valence-corrected chi connectivity index (χ1v) is 13.1. The van der Waals surface area contributed by atoms with E-state index in [4.69, 9.17) is 16.3 Å². The maximum Gasteiger partial charge on any atom is 0.417 e. The number of benzene rings is 1. The highest BCUT2D eigenvalue weighted by Crippen LogP contribution is 2.38. The Kier molecular flexibility index (Phi) is 7.15. The normalized spacial score (nSPS) is 18.9. The lowest BCUT2D eigenvalue weighted by Gasteiger charge is -2.24. The first kappa shape index (κ1) is 27.8. The SMILES string of the molecule is CCOC(=O)c1cn(C2=CCC3C(=C2)N(CC2CC2)C(=O)N3C)c(=O)n(Cc2cccc(C(F)(F)F)c2Cl)c1=O. The Bertz CT molecular complexity index is 1570. The van der Waals surface area contributed by atoms with E-state index in [-0.39, 0.29) is 24.2 Å². The van der Waals surface area contributed by atoms with Crippen molar-refractivity contribution in [2.45, 2.75) is 44.9 Å². The van der Waals surface area contributed by atoms with E-state index in [0.717, 1.165) is 35.7 Å². The van der Waals surface area contributed by atoms with Gasteiger partial charge in [-0.2, -0.15) is 13.2 Å². The summed E-state index contributed by atoms with van der Waals surface area (Å²) in [6.45, 7) is 1.44. The number of allylic oxidation sites excluding steroid dienone is 2. The highest BCUT2D eigenvalue weighted by atomic mass is 35.5. The molecule has 1 unspecified atom stereocenters. The van der Waals surface area contributed by atoms with Crippen LogP contribution < -0.4 is 11.2 Å². The third-order valence-electron chi connectivity index (χ3n) is 7.29. The fraction of sp³-hybridized carbons (Fsp3) is 0.407. The Morgan fingerprint density at radius 3 is 2.55 bits per heavy atom. The number of likely N-dealkylation sites (N-methyl/N-ethyl adjacent to an activating group) is 1. The molecule has 0 N–H and O–H groups in total. The van der Waals surface area contributed by atoms with Gasteiger partial charge in [-0.3, -0.25) is 18.8 Å². The van der Waals surface area contributed by atoms with Gasteiger partial charge in [-0.15, -0.1) is 0 Å². The maximum atomic E-state index is 13.7. The van der Waals surface area contributed by atoms with Crippen LogP contribution in [0.2, 0.25) is 5.02 Å². The van der Waals surface area contributed by atoms with Crippen molar-refractivity contribution >= 4 is 29.3 Å². The summed E-state index contributed by atoms with van der Waals surface area (Å²) in [5.74, 6) is -0.582. The largest absolute Gasteiger partial charge is 0.462 e. The second kappa shape index (κ2) is 10.3. The summed E-state index contributed by atoms with van der Waals surface area (Å²) in [7, 11) is 1.70. The number of rotatable bonds is 7. The summed E-state index contributed by atoms with van der Waals surface area (Å²) in [5, 5.41) is -0.653. The molecule has 13 heteroatoms. The van der Waals surface area contributed by atoms with E-state index in [1.54, 1.807) is 35.9 Å². The van der Waals surface area contributed by atoms with E-state index in [9.17, 15) is 32.3 Å². The van der Waals surface area contributed by atoms with Gasteiger partial charge in [-0.1, -0.05) is 29.8 Å². The van der Waals surface area contributed by atoms with Crippen molar-refractivity contribution in [2.24, 2.45) is 5.92 Å². The lowest BCUT2D eigenvalue weighted by atomic mass is 10.0. The Balaban J connectivity index is 1.62. The lowest BCUT2D eigenvalue weighted by Crippen LogP contribution is -2.43. The number of aromatic nitrogens is 2. The molecule has 2 aliphatic carbocycles. The van der Waals surface area contributed by atoms with Crippen molar-refractivity contribution in [1.82, 2.24) is 18.9 Å². The van der Waals surface area contributed by atoms with Gasteiger partial charge in [-0.05, 0) is 49.8 Å². The maximum absolute atomic E-state index is 13.7. The van der Waals surface area contributed by atoms with E-state index in [0.29, 0.717) is 34.8 Å². The zero-order valence-electron chi connectivity index (χ0n) is 21.7. The van der Waals surface area contributed by atoms with E-state index >= 15 is 0 Å². The fourth-order valence-electron chi connectivity index (χ4n) is 4.98. The van der Waals surface area contributed by atoms with Crippen molar-refractivity contribution in [3.63, 3.8) is 0 Å². The molecule has 3 aliphatic rings. The van der Waals surface area contributed by atoms with Crippen molar-refractivity contribution in [3.05, 3.63) is 84.8 Å². The van der Waals surface area contributed by atoms with Crippen molar-refractivity contribution < 1.29 is 27.5 Å². The number of fused-ring (bicyclic) bond motifs is 1. The molecular weight excluding hydrogens is 553 g/mol. The average Bonchev–Trinajstić information content (AvgIpc) is 3.69. The molecule has 1 aliphatic heterocycles. The molecule has 2 amide bonds. The van der Waals surface area contributed by atoms with Crippen molar-refractivity contribution in [3.8, 4) is 0 Å². The number of urea groups is 1. The van der Waals surface area contributed by atoms with Crippen molar-refractivity contribution in [1.29, 1.82) is 0 Å². The summed E-state index contributed by atoms with van der Waals surface area (Å²) < 4.78 is 47.1. The minimum Gasteiger partial charge on any atom is -0.462 e. The van der Waals surface area contributed by atoms with Gasteiger partial charge in [0.05, 0.1) is 29.8 Å². The van der Waals surface area contributed by atoms with Gasteiger partial charge in [0, 0.05) is 31.2 Å². The first-order valence-electron chi connectivity index (χ1n) is 12.8. The Labute approximate surface area is 231 Å². The quantitative estimate of drug-likeness (QED) is 0.460. The summed E-state index contributed by atoms with van der Waals surface area (Å²) in [6.07, 6.45) is 2.13. The number of hydrogen-bond donors (Lipinski definition) is 0. The molecule has 5 rings (SSSR count). The van der Waals surface area contributed by atoms with Crippen LogP contribution in [0.3, 0.4) is 0 Å². The molecule has 212 valence electrons. The predicted molar refractivity (Wildman–Crippen MR) is 140 cm³/mol. The number of ether oxygens (including phenoxy) is 1. The zero-order chi connectivity index (χ0) is 28.9. The molecule has 1 aromatic heterocycles. The summed E-state index contributed by atoms with van der Waals surface area (Å²) >= 11 is 6.04. The van der Waals surface area contributed by atoms with Gasteiger partial charge in [0.15, 0.2) is 0 Å². The van der Waals surface area contributed by atoms with Crippen LogP contribution in [0.15, 0.2) is 51.8 Å². The number of nitrogens with zero attached hydrogens (tertiary/aromatic N) is 4. The Morgan fingerprint density at radius 2 is 1.90 bits per heavy atom. The van der Waals surface area contributed by atoms with Crippen molar-refractivity contribution in [2.75, 3.05) is 20.2 Å². The fourth-order valence-corrected chi connectivity index (χ4v) is 5.28. The number of amides is 2. The monoisotopic (exact) mass is 578 g/mol. The second-order valence-corrected chi connectivity index (χ2v) is 10.4. The number of halogens is 4. The standard InChI is InChI=1S/C27H26ClF3N4O5/c1-3-40-24(37)18-14-33(17-9-10-20-21(11-17)34(12-15-7-8-15)25(38)32(20)2)26(39)35(23(18)36)13-16-5-4-6-19(22(16)28)27(29,30)31/h4-6,9,11,14-15,20H,3,7-8,10,12-13H2,1-2H3. The Morgan fingerprint density at radius 1 is 1.18 bits per heavy atom. The average molecular weight is 579 g/mol. The topological polar surface area (TPSA) is 93.8 Å². The molecule has 1 aromatic carbocycles. The smallest absolute Gasteiger partial charge is 0.417 e. The first-order chi connectivity index (χ1) is 18.9. The van der Waals surface area contributed by atoms with Gasteiger partial charge in [0.2, 0.25) is 0 Å². The number of carbonyl (C=O) groups is 2. The van der Waals surface area contributed by atoms with Gasteiger partial charge in [0.1, 0.15) is 5.56 Å². The highest BCUT2D eigenvalue weighted by molar-refractivity contribution is 6.32. The Hall–Kier alpha value is -3.80. The number of hydrogen-bond acceptors (Lipinski definition) is 5. The number of esters is 1. The summed E-state index contributed by atoms with van der Waals surface area (Å²) in [6, 6.07) is 2.81. The van der Waals surface area contributed by atoms with Crippen LogP contribution in [0.25, 0.3) is 5.70 Å². The molecule has 1 atom stereocenters. The van der Waals surface area contributed by atoms with Crippen LogP contribution in [0.5, 0.6) is 0 Å². The van der Waals surface area contributed by atoms with Crippen LogP contribution >= 0.6 is 11.6 Å². The molecule has 40 heavy (non-hydrogen) atoms. The van der Waals surface area contributed by atoms with Gasteiger partial charge >= 0.3 is 23.9 Å². The molecule has 1 saturated carbocycles. The highest BCUT2D eigenvalue weighted by Gasteiger charge is 2.42. The van der Waals surface area contributed by atoms with E-state index in [1.165, 1.54) is 6.07 Å². The summed E-state index contributed by atoms with van der Waals surface area (Å²) in [4.78, 5) is 55.9. The van der Waals surface area contributed by atoms with Gasteiger partial charge in [0.25, 0.3) is 5.56 Å². The number of carbonyl (C=O) groups excluding carboxylic acids is 2. The van der Waals surface area contributed by atoms with E-state index < -0.39 is 46.1 Å². The molecule has 2 aromatic rings. The van der Waals surface area contributed by atoms with Crippen LogP contribution in [0.4, 0.5) is 18.0 Å². The third kappa shape index (κ3) is 4.96. The second-order valence-electron chi connectivity index (χ2n) is 9.98. The van der Waals surface area contributed by atoms with E-state index in [1.807, 2.05) is 0 Å². The number of alkyl halides is 3. The van der Waals surface area contributed by atoms with E-state index in [2.05, 4.69) is 0 Å². The minimum absolute atomic E-state index is 0.0458. The van der Waals surface area contributed by atoms with Crippen LogP contribution in [0, 0.1) is 5.92 Å². The molecular formula is C27H26ClF3N4O5. The molecule has 9 nitrogen and oxygen atoms in total.